The van der Waals surface area contributed by atoms with E-state index in [1.165, 1.54) is 17.3 Å². The van der Waals surface area contributed by atoms with Crippen LogP contribution in [0.4, 0.5) is 4.79 Å². The van der Waals surface area contributed by atoms with Gasteiger partial charge in [0.15, 0.2) is 9.84 Å². The standard InChI is InChI=1S/C12H14N2O4S/c15-11(16)14-7-12(8-14)4-10(5-12)19(17,18)9-2-1-3-13-6-9/h1-3,6,10H,4-5,7-8H2,(H,15,16). The molecule has 1 N–H and O–H groups in total. The molecule has 0 atom stereocenters. The van der Waals surface area contributed by atoms with E-state index in [4.69, 9.17) is 5.11 Å². The van der Waals surface area contributed by atoms with E-state index in [-0.39, 0.29) is 10.3 Å². The van der Waals surface area contributed by atoms with Crippen molar-refractivity contribution < 1.29 is 18.3 Å². The lowest BCUT2D eigenvalue weighted by Crippen LogP contribution is -2.65. The summed E-state index contributed by atoms with van der Waals surface area (Å²) in [5, 5.41) is 8.39. The maximum atomic E-state index is 12.3. The van der Waals surface area contributed by atoms with Crippen LogP contribution in [0.1, 0.15) is 12.8 Å². The Morgan fingerprint density at radius 2 is 2.11 bits per heavy atom. The average Bonchev–Trinajstić information content (AvgIpc) is 2.25. The van der Waals surface area contributed by atoms with Crippen LogP contribution in [0.2, 0.25) is 0 Å². The molecule has 102 valence electrons. The van der Waals surface area contributed by atoms with Crippen molar-refractivity contribution in [1.82, 2.24) is 9.88 Å². The van der Waals surface area contributed by atoms with Crippen LogP contribution in [-0.2, 0) is 9.84 Å². The molecular weight excluding hydrogens is 268 g/mol. The van der Waals surface area contributed by atoms with Crippen molar-refractivity contribution in [3.63, 3.8) is 0 Å². The van der Waals surface area contributed by atoms with Gasteiger partial charge in [0.25, 0.3) is 0 Å². The summed E-state index contributed by atoms with van der Waals surface area (Å²) in [6, 6.07) is 3.16. The van der Waals surface area contributed by atoms with Crippen molar-refractivity contribution >= 4 is 15.9 Å². The summed E-state index contributed by atoms with van der Waals surface area (Å²) < 4.78 is 24.6. The molecule has 1 amide bonds. The highest BCUT2D eigenvalue weighted by molar-refractivity contribution is 7.92. The number of aromatic nitrogens is 1. The van der Waals surface area contributed by atoms with Crippen molar-refractivity contribution in [1.29, 1.82) is 0 Å². The van der Waals surface area contributed by atoms with Crippen molar-refractivity contribution in [2.24, 2.45) is 5.41 Å². The highest BCUT2D eigenvalue weighted by Crippen LogP contribution is 2.51. The van der Waals surface area contributed by atoms with Crippen LogP contribution in [0, 0.1) is 5.41 Å². The number of carbonyl (C=O) groups is 1. The number of rotatable bonds is 2. The van der Waals surface area contributed by atoms with Crippen LogP contribution < -0.4 is 0 Å². The minimum Gasteiger partial charge on any atom is -0.465 e. The van der Waals surface area contributed by atoms with Crippen molar-refractivity contribution in [2.45, 2.75) is 23.0 Å². The van der Waals surface area contributed by atoms with Gasteiger partial charge in [-0.2, -0.15) is 0 Å². The minimum absolute atomic E-state index is 0.0989. The van der Waals surface area contributed by atoms with Crippen molar-refractivity contribution in [3.05, 3.63) is 24.5 Å². The van der Waals surface area contributed by atoms with E-state index in [1.54, 1.807) is 12.1 Å². The highest BCUT2D eigenvalue weighted by atomic mass is 32.2. The topological polar surface area (TPSA) is 87.6 Å². The molecule has 7 heteroatoms. The van der Waals surface area contributed by atoms with Crippen molar-refractivity contribution in [2.75, 3.05) is 13.1 Å². The van der Waals surface area contributed by atoms with Gasteiger partial charge < -0.3 is 10.0 Å². The first kappa shape index (κ1) is 12.4. The summed E-state index contributed by atoms with van der Waals surface area (Å²) >= 11 is 0. The van der Waals surface area contributed by atoms with E-state index in [9.17, 15) is 13.2 Å². The molecule has 0 radical (unpaired) electrons. The third-order valence-electron chi connectivity index (χ3n) is 4.05. The fourth-order valence-electron chi connectivity index (χ4n) is 2.99. The van der Waals surface area contributed by atoms with Gasteiger partial charge in [-0.05, 0) is 25.0 Å². The van der Waals surface area contributed by atoms with Gasteiger partial charge in [-0.25, -0.2) is 13.2 Å². The molecule has 6 nitrogen and oxygen atoms in total. The number of carboxylic acid groups (broad SMARTS) is 1. The second-order valence-electron chi connectivity index (χ2n) is 5.40. The van der Waals surface area contributed by atoms with Gasteiger partial charge in [0, 0.05) is 30.9 Å². The van der Waals surface area contributed by atoms with Crippen molar-refractivity contribution in [3.8, 4) is 0 Å². The van der Waals surface area contributed by atoms with Crippen LogP contribution in [0.15, 0.2) is 29.4 Å². The van der Waals surface area contributed by atoms with Crippen LogP contribution in [-0.4, -0.2) is 47.8 Å². The number of likely N-dealkylation sites (tertiary alicyclic amines) is 1. The Morgan fingerprint density at radius 3 is 2.63 bits per heavy atom. The van der Waals surface area contributed by atoms with E-state index < -0.39 is 21.2 Å². The van der Waals surface area contributed by atoms with Crippen LogP contribution in [0.5, 0.6) is 0 Å². The lowest BCUT2D eigenvalue weighted by atomic mass is 9.63. The molecule has 0 bridgehead atoms. The van der Waals surface area contributed by atoms with Crippen LogP contribution in [0.25, 0.3) is 0 Å². The van der Waals surface area contributed by atoms with E-state index in [2.05, 4.69) is 4.98 Å². The second-order valence-corrected chi connectivity index (χ2v) is 7.63. The van der Waals surface area contributed by atoms with E-state index in [1.807, 2.05) is 0 Å². The Bertz CT molecular complexity index is 600. The fourth-order valence-corrected chi connectivity index (χ4v) is 5.00. The predicted octanol–water partition coefficient (Wildman–Crippen LogP) is 0.998. The van der Waals surface area contributed by atoms with Gasteiger partial charge in [0.05, 0.1) is 10.1 Å². The van der Waals surface area contributed by atoms with Crippen LogP contribution >= 0.6 is 0 Å². The van der Waals surface area contributed by atoms with E-state index in [0.29, 0.717) is 25.9 Å². The Labute approximate surface area is 111 Å². The summed E-state index contributed by atoms with van der Waals surface area (Å²) in [7, 11) is -3.32. The molecule has 3 rings (SSSR count). The summed E-state index contributed by atoms with van der Waals surface area (Å²) in [5.41, 5.74) is -0.0989. The molecule has 1 aromatic heterocycles. The van der Waals surface area contributed by atoms with Gasteiger partial charge in [-0.15, -0.1) is 0 Å². The number of sulfone groups is 1. The molecule has 2 aliphatic rings. The maximum absolute atomic E-state index is 12.3. The Hall–Kier alpha value is -1.63. The molecule has 1 aliphatic heterocycles. The van der Waals surface area contributed by atoms with Gasteiger partial charge in [-0.3, -0.25) is 4.98 Å². The molecule has 1 saturated carbocycles. The Balaban J connectivity index is 1.67. The first-order valence-electron chi connectivity index (χ1n) is 6.05. The summed E-state index contributed by atoms with van der Waals surface area (Å²) in [5.74, 6) is 0. The lowest BCUT2D eigenvalue weighted by Gasteiger charge is -2.57. The molecule has 2 heterocycles. The van der Waals surface area contributed by atoms with E-state index in [0.717, 1.165) is 0 Å². The third kappa shape index (κ3) is 1.88. The SMILES string of the molecule is O=C(O)N1CC2(CC(S(=O)(=O)c3cccnc3)C2)C1. The van der Waals surface area contributed by atoms with Gasteiger partial charge in [-0.1, -0.05) is 0 Å². The molecule has 0 aromatic carbocycles. The average molecular weight is 282 g/mol. The fraction of sp³-hybridized carbons (Fsp3) is 0.500. The number of pyridine rings is 1. The lowest BCUT2D eigenvalue weighted by molar-refractivity contribution is -0.0424. The Kier molecular flexibility index (Phi) is 2.57. The zero-order chi connectivity index (χ0) is 13.7. The monoisotopic (exact) mass is 282 g/mol. The van der Waals surface area contributed by atoms with Gasteiger partial charge >= 0.3 is 6.09 Å². The number of hydrogen-bond acceptors (Lipinski definition) is 4. The molecule has 0 unspecified atom stereocenters. The molecule has 2 fully saturated rings. The molecular formula is C12H14N2O4S. The number of hydrogen-bond donors (Lipinski definition) is 1. The first-order valence-corrected chi connectivity index (χ1v) is 7.59. The Morgan fingerprint density at radius 1 is 1.42 bits per heavy atom. The number of amides is 1. The molecule has 1 saturated heterocycles. The minimum atomic E-state index is -3.32. The largest absolute Gasteiger partial charge is 0.465 e. The summed E-state index contributed by atoms with van der Waals surface area (Å²) in [6.07, 6.45) is 3.08. The smallest absolute Gasteiger partial charge is 0.407 e. The molecule has 19 heavy (non-hydrogen) atoms. The second kappa shape index (κ2) is 3.93. The maximum Gasteiger partial charge on any atom is 0.407 e. The predicted molar refractivity (Wildman–Crippen MR) is 66.5 cm³/mol. The normalized spacial score (nSPS) is 21.8. The zero-order valence-electron chi connectivity index (χ0n) is 10.2. The van der Waals surface area contributed by atoms with E-state index >= 15 is 0 Å². The number of nitrogens with zero attached hydrogens (tertiary/aromatic N) is 2. The quantitative estimate of drug-likeness (QED) is 0.874. The summed E-state index contributed by atoms with van der Waals surface area (Å²) in [6.45, 7) is 0.919. The van der Waals surface area contributed by atoms with Gasteiger partial charge in [0.2, 0.25) is 0 Å². The zero-order valence-corrected chi connectivity index (χ0v) is 11.0. The molecule has 1 aliphatic carbocycles. The van der Waals surface area contributed by atoms with Crippen LogP contribution in [0.3, 0.4) is 0 Å². The third-order valence-corrected chi connectivity index (χ3v) is 6.16. The summed E-state index contributed by atoms with van der Waals surface area (Å²) in [4.78, 5) is 16.1. The molecule has 1 aromatic rings. The first-order chi connectivity index (χ1) is 8.93. The van der Waals surface area contributed by atoms with Gasteiger partial charge in [0.1, 0.15) is 0 Å². The highest BCUT2D eigenvalue weighted by Gasteiger charge is 2.57. The molecule has 1 spiro atoms.